The van der Waals surface area contributed by atoms with Gasteiger partial charge in [-0.1, -0.05) is 39.3 Å². The maximum Gasteiger partial charge on any atom is 0.204 e. The molecule has 0 saturated carbocycles. The van der Waals surface area contributed by atoms with Crippen LogP contribution < -0.4 is 16.8 Å². The first kappa shape index (κ1) is 39.5. The van der Waals surface area contributed by atoms with Crippen molar-refractivity contribution in [3.8, 4) is 11.3 Å². The van der Waals surface area contributed by atoms with Crippen molar-refractivity contribution in [1.82, 2.24) is 25.1 Å². The summed E-state index contributed by atoms with van der Waals surface area (Å²) in [5, 5.41) is 13.4. The van der Waals surface area contributed by atoms with Gasteiger partial charge in [0.2, 0.25) is 6.41 Å². The van der Waals surface area contributed by atoms with Crippen molar-refractivity contribution < 1.29 is 9.18 Å². The van der Waals surface area contributed by atoms with Crippen molar-refractivity contribution in [1.29, 1.82) is 0 Å². The molecule has 1 atom stereocenters. The fourth-order valence-electron chi connectivity index (χ4n) is 3.98. The molecular weight excluding hydrogens is 619 g/mol. The number of benzene rings is 1. The van der Waals surface area contributed by atoms with Crippen LogP contribution >= 0.6 is 33.4 Å². The number of aromatic nitrogens is 4. The standard InChI is InChI=1S/C28H41ClFN7S2.C2H6.CH3NO/c1-19(2)16-37(17-20(3)31)10-9-22-14-27(33-18-32-22)34-26-15-25(23-13-21(29)7-8-24(23)30)35-36-28(26)38-11-12-39(4,5)6;1-2;2-1-3/h7-8,13-15,18-20H,9-12,16-17,31H2,1-6H3,(H,32,33,34,35);1-2H3;1H,(H2,2,3). The zero-order valence-electron chi connectivity index (χ0n) is 27.3. The minimum absolute atomic E-state index is 0.111. The van der Waals surface area contributed by atoms with Gasteiger partial charge in [0.25, 0.3) is 0 Å². The summed E-state index contributed by atoms with van der Waals surface area (Å²) < 4.78 is 14.6. The molecule has 9 nitrogen and oxygen atoms in total. The number of nitrogens with one attached hydrogen (secondary N) is 1. The molecule has 5 N–H and O–H groups in total. The number of halogens is 2. The lowest BCUT2D eigenvalue weighted by molar-refractivity contribution is -0.106. The first-order valence-corrected chi connectivity index (χ1v) is 19.0. The van der Waals surface area contributed by atoms with Crippen molar-refractivity contribution in [2.75, 3.05) is 55.2 Å². The van der Waals surface area contributed by atoms with Crippen molar-refractivity contribution >= 4 is 51.3 Å². The molecule has 3 rings (SSSR count). The highest BCUT2D eigenvalue weighted by atomic mass is 35.5. The number of thioether (sulfide) groups is 1. The SMILES string of the molecule is CC.CC(C)CN(CCc1cc(Nc2cc(-c3cc(Cl)ccc3F)nnc2SCCS(C)(C)C)ncn1)CC(C)N.NC=O. The fourth-order valence-corrected chi connectivity index (χ4v) is 7.05. The number of primary amides is 1. The maximum atomic E-state index is 14.6. The Labute approximate surface area is 273 Å². The summed E-state index contributed by atoms with van der Waals surface area (Å²) in [6, 6.07) is 8.29. The number of nitrogens with two attached hydrogens (primary N) is 2. The molecule has 1 unspecified atom stereocenters. The largest absolute Gasteiger partial charge is 0.372 e. The Kier molecular flexibility index (Phi) is 18.4. The molecule has 13 heteroatoms. The van der Waals surface area contributed by atoms with Crippen LogP contribution in [0, 0.1) is 11.7 Å². The van der Waals surface area contributed by atoms with Gasteiger partial charge >= 0.3 is 0 Å². The van der Waals surface area contributed by atoms with Crippen LogP contribution in [0.5, 0.6) is 0 Å². The number of rotatable bonds is 14. The first-order chi connectivity index (χ1) is 20.8. The lowest BCUT2D eigenvalue weighted by Gasteiger charge is -2.25. The van der Waals surface area contributed by atoms with E-state index in [9.17, 15) is 4.39 Å². The molecule has 44 heavy (non-hydrogen) atoms. The topological polar surface area (TPSA) is 136 Å². The van der Waals surface area contributed by atoms with E-state index in [0.717, 1.165) is 54.0 Å². The van der Waals surface area contributed by atoms with Crippen LogP contribution in [0.2, 0.25) is 5.02 Å². The van der Waals surface area contributed by atoms with Gasteiger partial charge in [-0.25, -0.2) is 24.4 Å². The van der Waals surface area contributed by atoms with E-state index >= 15 is 0 Å². The number of hydrogen-bond acceptors (Lipinski definition) is 9. The molecule has 1 aromatic carbocycles. The van der Waals surface area contributed by atoms with Crippen LogP contribution in [0.15, 0.2) is 41.7 Å². The minimum Gasteiger partial charge on any atom is -0.372 e. The smallest absolute Gasteiger partial charge is 0.204 e. The molecule has 1 amide bonds. The van der Waals surface area contributed by atoms with Crippen LogP contribution in [0.1, 0.15) is 40.3 Å². The van der Waals surface area contributed by atoms with E-state index in [1.54, 1.807) is 24.2 Å². The Bertz CT molecular complexity index is 1270. The highest BCUT2D eigenvalue weighted by Gasteiger charge is 2.16. The van der Waals surface area contributed by atoms with Crippen LogP contribution in [-0.4, -0.2) is 87.4 Å². The van der Waals surface area contributed by atoms with Crippen molar-refractivity contribution in [3.63, 3.8) is 0 Å². The molecule has 0 aliphatic rings. The predicted molar refractivity (Wildman–Crippen MR) is 189 cm³/mol. The number of amides is 1. The Morgan fingerprint density at radius 2 is 1.77 bits per heavy atom. The predicted octanol–water partition coefficient (Wildman–Crippen LogP) is 6.23. The summed E-state index contributed by atoms with van der Waals surface area (Å²) in [7, 11) is -0.648. The highest BCUT2D eigenvalue weighted by Crippen LogP contribution is 2.38. The molecule has 0 saturated heterocycles. The van der Waals surface area contributed by atoms with E-state index in [0.29, 0.717) is 28.0 Å². The Morgan fingerprint density at radius 3 is 2.39 bits per heavy atom. The number of nitrogens with zero attached hydrogens (tertiary/aromatic N) is 5. The second-order valence-corrected chi connectivity index (χ2v) is 17.4. The maximum absolute atomic E-state index is 14.6. The first-order valence-electron chi connectivity index (χ1n) is 14.6. The van der Waals surface area contributed by atoms with Gasteiger partial charge in [0.05, 0.1) is 11.4 Å². The van der Waals surface area contributed by atoms with E-state index < -0.39 is 15.8 Å². The van der Waals surface area contributed by atoms with Gasteiger partial charge in [-0.15, -0.1) is 22.0 Å². The Hall–Kier alpha value is -2.51. The van der Waals surface area contributed by atoms with Crippen LogP contribution in [-0.2, 0) is 11.2 Å². The van der Waals surface area contributed by atoms with Gasteiger partial charge in [-0.2, -0.15) is 0 Å². The number of anilines is 2. The van der Waals surface area contributed by atoms with E-state index in [-0.39, 0.29) is 12.5 Å². The zero-order chi connectivity index (χ0) is 33.3. The molecule has 0 spiro atoms. The van der Waals surface area contributed by atoms with E-state index in [1.165, 1.54) is 12.1 Å². The fraction of sp³-hybridized carbons (Fsp3) is 0.516. The van der Waals surface area contributed by atoms with E-state index in [4.69, 9.17) is 22.1 Å². The third-order valence-electron chi connectivity index (χ3n) is 5.74. The van der Waals surface area contributed by atoms with Gasteiger partial charge in [0, 0.05) is 60.2 Å². The summed E-state index contributed by atoms with van der Waals surface area (Å²) in [6.07, 6.45) is 9.48. The molecule has 0 aliphatic heterocycles. The van der Waals surface area contributed by atoms with Gasteiger partial charge < -0.3 is 21.7 Å². The number of hydrogen-bond donors (Lipinski definition) is 3. The zero-order valence-corrected chi connectivity index (χ0v) is 29.7. The Balaban J connectivity index is 0.00000182. The van der Waals surface area contributed by atoms with E-state index in [2.05, 4.69) is 68.7 Å². The second-order valence-electron chi connectivity index (χ2n) is 11.3. The van der Waals surface area contributed by atoms with Crippen molar-refractivity contribution in [3.05, 3.63) is 53.2 Å². The van der Waals surface area contributed by atoms with Gasteiger partial charge in [-0.05, 0) is 61.6 Å². The van der Waals surface area contributed by atoms with Crippen molar-refractivity contribution in [2.24, 2.45) is 17.4 Å². The summed E-state index contributed by atoms with van der Waals surface area (Å²) in [5.74, 6) is 2.80. The minimum atomic E-state index is -0.648. The summed E-state index contributed by atoms with van der Waals surface area (Å²) in [4.78, 5) is 19.9. The van der Waals surface area contributed by atoms with Crippen LogP contribution in [0.25, 0.3) is 11.3 Å². The molecule has 0 aliphatic carbocycles. The molecule has 0 fully saturated rings. The number of carbonyl (C=O) groups excluding carboxylic acids is 1. The monoisotopic (exact) mass is 668 g/mol. The number of carbonyl (C=O) groups is 1. The lowest BCUT2D eigenvalue weighted by Crippen LogP contribution is -2.39. The quantitative estimate of drug-likeness (QED) is 0.135. The lowest BCUT2D eigenvalue weighted by atomic mass is 10.1. The normalized spacial score (nSPS) is 12.1. The van der Waals surface area contributed by atoms with Gasteiger partial charge in [0.15, 0.2) is 0 Å². The van der Waals surface area contributed by atoms with E-state index in [1.807, 2.05) is 32.9 Å². The summed E-state index contributed by atoms with van der Waals surface area (Å²) in [5.41, 5.74) is 12.6. The average molecular weight is 669 g/mol. The highest BCUT2D eigenvalue weighted by molar-refractivity contribution is 8.32. The van der Waals surface area contributed by atoms with Crippen LogP contribution in [0.4, 0.5) is 15.9 Å². The molecule has 0 bridgehead atoms. The third kappa shape index (κ3) is 15.5. The molecule has 2 aromatic heterocycles. The van der Waals surface area contributed by atoms with Gasteiger partial charge in [-0.3, -0.25) is 4.79 Å². The average Bonchev–Trinajstić information content (AvgIpc) is 2.94. The molecule has 246 valence electrons. The summed E-state index contributed by atoms with van der Waals surface area (Å²) in [6.45, 7) is 13.2. The van der Waals surface area contributed by atoms with Gasteiger partial charge in [0.1, 0.15) is 23.0 Å². The summed E-state index contributed by atoms with van der Waals surface area (Å²) >= 11 is 7.78. The van der Waals surface area contributed by atoms with Crippen molar-refractivity contribution in [2.45, 2.75) is 52.1 Å². The molecular formula is C31H50ClFN8OS2. The molecule has 3 aromatic rings. The Morgan fingerprint density at radius 1 is 1.09 bits per heavy atom. The third-order valence-corrected chi connectivity index (χ3v) is 8.64. The van der Waals surface area contributed by atoms with Crippen LogP contribution in [0.3, 0.4) is 0 Å². The molecule has 2 heterocycles. The molecule has 0 radical (unpaired) electrons. The second kappa shape index (κ2) is 20.5.